The standard InChI is InChI=1S/C19H19FN2O2/c1-11-6-7-17(12(2)8-11)22-19(24)16-10-15(16)18(23)21-14-5-3-4-13(20)9-14/h3-9,15-16H,10H2,1-2H3,(H,21,23)(H,22,24). The van der Waals surface area contributed by atoms with Crippen molar-refractivity contribution >= 4 is 23.2 Å². The van der Waals surface area contributed by atoms with Crippen molar-refractivity contribution < 1.29 is 14.0 Å². The quantitative estimate of drug-likeness (QED) is 0.901. The molecule has 2 N–H and O–H groups in total. The summed E-state index contributed by atoms with van der Waals surface area (Å²) in [6.45, 7) is 3.93. The Morgan fingerprint density at radius 1 is 1.00 bits per heavy atom. The third-order valence-electron chi connectivity index (χ3n) is 4.20. The van der Waals surface area contributed by atoms with E-state index >= 15 is 0 Å². The van der Waals surface area contributed by atoms with Gasteiger partial charge in [0.05, 0.1) is 11.8 Å². The predicted octanol–water partition coefficient (Wildman–Crippen LogP) is 3.66. The van der Waals surface area contributed by atoms with Gasteiger partial charge in [-0.2, -0.15) is 0 Å². The van der Waals surface area contributed by atoms with Crippen LogP contribution >= 0.6 is 0 Å². The van der Waals surface area contributed by atoms with E-state index in [9.17, 15) is 14.0 Å². The molecule has 1 saturated carbocycles. The fraction of sp³-hybridized carbons (Fsp3) is 0.263. The second-order valence-electron chi connectivity index (χ2n) is 6.26. The summed E-state index contributed by atoms with van der Waals surface area (Å²) in [7, 11) is 0. The molecule has 1 fully saturated rings. The van der Waals surface area contributed by atoms with Gasteiger partial charge in [-0.25, -0.2) is 4.39 Å². The van der Waals surface area contributed by atoms with E-state index in [0.29, 0.717) is 12.1 Å². The van der Waals surface area contributed by atoms with Crippen molar-refractivity contribution in [1.82, 2.24) is 0 Å². The molecule has 3 rings (SSSR count). The third kappa shape index (κ3) is 3.62. The molecule has 2 atom stereocenters. The van der Waals surface area contributed by atoms with E-state index < -0.39 is 5.82 Å². The topological polar surface area (TPSA) is 58.2 Å². The lowest BCUT2D eigenvalue weighted by atomic mass is 10.1. The summed E-state index contributed by atoms with van der Waals surface area (Å²) in [6.07, 6.45) is 0.512. The van der Waals surface area contributed by atoms with E-state index in [1.807, 2.05) is 32.0 Å². The van der Waals surface area contributed by atoms with Gasteiger partial charge in [-0.15, -0.1) is 0 Å². The monoisotopic (exact) mass is 326 g/mol. The molecular formula is C19H19FN2O2. The summed E-state index contributed by atoms with van der Waals surface area (Å²) in [5.41, 5.74) is 3.29. The van der Waals surface area contributed by atoms with Gasteiger partial charge in [0.2, 0.25) is 11.8 Å². The number of rotatable bonds is 4. The van der Waals surface area contributed by atoms with E-state index in [1.165, 1.54) is 18.2 Å². The van der Waals surface area contributed by atoms with Gasteiger partial charge in [0.15, 0.2) is 0 Å². The SMILES string of the molecule is Cc1ccc(NC(=O)C2CC2C(=O)Nc2cccc(F)c2)c(C)c1. The highest BCUT2D eigenvalue weighted by Gasteiger charge is 2.48. The Bertz CT molecular complexity index is 804. The maximum absolute atomic E-state index is 13.1. The molecule has 0 spiro atoms. The summed E-state index contributed by atoms with van der Waals surface area (Å²) >= 11 is 0. The van der Waals surface area contributed by atoms with Gasteiger partial charge < -0.3 is 10.6 Å². The van der Waals surface area contributed by atoms with E-state index in [-0.39, 0.29) is 23.7 Å². The summed E-state index contributed by atoms with van der Waals surface area (Å²) in [5, 5.41) is 5.53. The van der Waals surface area contributed by atoms with Crippen LogP contribution in [0.1, 0.15) is 17.5 Å². The van der Waals surface area contributed by atoms with Gasteiger partial charge in [0, 0.05) is 11.4 Å². The Morgan fingerprint density at radius 2 is 1.71 bits per heavy atom. The molecule has 24 heavy (non-hydrogen) atoms. The number of aryl methyl sites for hydroxylation is 2. The first kappa shape index (κ1) is 16.2. The number of hydrogen-bond donors (Lipinski definition) is 2. The highest BCUT2D eigenvalue weighted by atomic mass is 19.1. The van der Waals surface area contributed by atoms with Gasteiger partial charge in [0.25, 0.3) is 0 Å². The first-order valence-corrected chi connectivity index (χ1v) is 7.88. The highest BCUT2D eigenvalue weighted by molar-refractivity contribution is 6.03. The molecule has 0 heterocycles. The number of carbonyl (C=O) groups is 2. The Hall–Kier alpha value is -2.69. The number of nitrogens with one attached hydrogen (secondary N) is 2. The molecule has 0 saturated heterocycles. The lowest BCUT2D eigenvalue weighted by Crippen LogP contribution is -2.21. The Balaban J connectivity index is 1.58. The average Bonchev–Trinajstić information content (AvgIpc) is 3.31. The maximum Gasteiger partial charge on any atom is 0.228 e. The normalized spacial score (nSPS) is 18.8. The van der Waals surface area contributed by atoms with Crippen LogP contribution < -0.4 is 10.6 Å². The smallest absolute Gasteiger partial charge is 0.228 e. The van der Waals surface area contributed by atoms with Gasteiger partial charge in [-0.05, 0) is 50.1 Å². The zero-order valence-corrected chi connectivity index (χ0v) is 13.6. The van der Waals surface area contributed by atoms with Gasteiger partial charge in [-0.1, -0.05) is 23.8 Å². The lowest BCUT2D eigenvalue weighted by molar-refractivity contribution is -0.122. The second kappa shape index (κ2) is 6.43. The van der Waals surface area contributed by atoms with Crippen LogP contribution in [0.25, 0.3) is 0 Å². The van der Waals surface area contributed by atoms with Crippen LogP contribution in [0.3, 0.4) is 0 Å². The number of anilines is 2. The lowest BCUT2D eigenvalue weighted by Gasteiger charge is -2.09. The maximum atomic E-state index is 13.1. The number of halogens is 1. The van der Waals surface area contributed by atoms with Crippen LogP contribution in [0.5, 0.6) is 0 Å². The molecule has 0 aromatic heterocycles. The molecule has 2 aromatic carbocycles. The minimum Gasteiger partial charge on any atom is -0.326 e. The molecule has 1 aliphatic rings. The largest absolute Gasteiger partial charge is 0.326 e. The van der Waals surface area contributed by atoms with E-state index in [4.69, 9.17) is 0 Å². The zero-order valence-electron chi connectivity index (χ0n) is 13.6. The van der Waals surface area contributed by atoms with Crippen LogP contribution in [0.4, 0.5) is 15.8 Å². The van der Waals surface area contributed by atoms with Crippen LogP contribution in [0, 0.1) is 31.5 Å². The summed E-state index contributed by atoms with van der Waals surface area (Å²) < 4.78 is 13.1. The molecule has 2 unspecified atom stereocenters. The van der Waals surface area contributed by atoms with Crippen molar-refractivity contribution in [2.75, 3.05) is 10.6 Å². The molecule has 2 amide bonds. The number of carbonyl (C=O) groups excluding carboxylic acids is 2. The molecule has 0 aliphatic heterocycles. The van der Waals surface area contributed by atoms with Crippen molar-refractivity contribution in [2.24, 2.45) is 11.8 Å². The Kier molecular flexibility index (Phi) is 4.34. The molecule has 124 valence electrons. The molecule has 4 nitrogen and oxygen atoms in total. The van der Waals surface area contributed by atoms with Crippen molar-refractivity contribution in [3.05, 3.63) is 59.4 Å². The summed E-state index contributed by atoms with van der Waals surface area (Å²) in [4.78, 5) is 24.4. The number of hydrogen-bond acceptors (Lipinski definition) is 2. The minimum atomic E-state index is -0.410. The minimum absolute atomic E-state index is 0.152. The van der Waals surface area contributed by atoms with Gasteiger partial charge >= 0.3 is 0 Å². The molecule has 2 aromatic rings. The second-order valence-corrected chi connectivity index (χ2v) is 6.26. The number of amides is 2. The average molecular weight is 326 g/mol. The summed E-state index contributed by atoms with van der Waals surface area (Å²) in [5.74, 6) is -1.51. The fourth-order valence-electron chi connectivity index (χ4n) is 2.76. The van der Waals surface area contributed by atoms with E-state index in [1.54, 1.807) is 6.07 Å². The molecule has 0 bridgehead atoms. The molecule has 1 aliphatic carbocycles. The van der Waals surface area contributed by atoms with Gasteiger partial charge in [-0.3, -0.25) is 9.59 Å². The fourth-order valence-corrected chi connectivity index (χ4v) is 2.76. The molecule has 5 heteroatoms. The molecular weight excluding hydrogens is 307 g/mol. The van der Waals surface area contributed by atoms with Crippen molar-refractivity contribution in [3.8, 4) is 0 Å². The molecule has 0 radical (unpaired) electrons. The van der Waals surface area contributed by atoms with Gasteiger partial charge in [0.1, 0.15) is 5.82 Å². The predicted molar refractivity (Wildman–Crippen MR) is 91.2 cm³/mol. The van der Waals surface area contributed by atoms with E-state index in [0.717, 1.165) is 16.8 Å². The third-order valence-corrected chi connectivity index (χ3v) is 4.20. The highest BCUT2D eigenvalue weighted by Crippen LogP contribution is 2.40. The van der Waals surface area contributed by atoms with Crippen molar-refractivity contribution in [3.63, 3.8) is 0 Å². The first-order valence-electron chi connectivity index (χ1n) is 7.88. The van der Waals surface area contributed by atoms with E-state index in [2.05, 4.69) is 10.6 Å². The van der Waals surface area contributed by atoms with Crippen molar-refractivity contribution in [1.29, 1.82) is 0 Å². The van der Waals surface area contributed by atoms with Crippen molar-refractivity contribution in [2.45, 2.75) is 20.3 Å². The summed E-state index contributed by atoms with van der Waals surface area (Å²) in [6, 6.07) is 11.5. The number of benzene rings is 2. The van der Waals surface area contributed by atoms with Crippen LogP contribution in [-0.4, -0.2) is 11.8 Å². The van der Waals surface area contributed by atoms with Crippen LogP contribution in [-0.2, 0) is 9.59 Å². The first-order chi connectivity index (χ1) is 11.4. The Labute approximate surface area is 140 Å². The van der Waals surface area contributed by atoms with Crippen LogP contribution in [0.2, 0.25) is 0 Å². The zero-order chi connectivity index (χ0) is 17.3. The Morgan fingerprint density at radius 3 is 2.38 bits per heavy atom. The van der Waals surface area contributed by atoms with Crippen LogP contribution in [0.15, 0.2) is 42.5 Å².